The number of rotatable bonds is 4. The van der Waals surface area contributed by atoms with Gasteiger partial charge in [-0.05, 0) is 0 Å². The Morgan fingerprint density at radius 2 is 2.38 bits per heavy atom. The molecule has 8 heteroatoms. The van der Waals surface area contributed by atoms with Gasteiger partial charge < -0.3 is 10.2 Å². The Kier molecular flexibility index (Phi) is 3.22. The van der Waals surface area contributed by atoms with E-state index in [2.05, 4.69) is 10.4 Å². The number of nitrogen functional groups attached to an aromatic ring is 1. The molecule has 0 spiro atoms. The summed E-state index contributed by atoms with van der Waals surface area (Å²) in [6.45, 7) is 1.31. The van der Waals surface area contributed by atoms with Gasteiger partial charge in [0.1, 0.15) is 10.8 Å². The molecule has 1 saturated heterocycles. The molecule has 2 rings (SSSR count). The van der Waals surface area contributed by atoms with E-state index in [1.165, 1.54) is 23.9 Å². The highest BCUT2D eigenvalue weighted by molar-refractivity contribution is 8.00. The van der Waals surface area contributed by atoms with Crippen LogP contribution in [-0.2, 0) is 4.74 Å². The van der Waals surface area contributed by atoms with E-state index < -0.39 is 4.92 Å². The molecule has 1 aromatic heterocycles. The number of hydrogen-bond acceptors (Lipinski definition) is 7. The summed E-state index contributed by atoms with van der Waals surface area (Å²) in [4.78, 5) is 14.3. The van der Waals surface area contributed by atoms with Gasteiger partial charge in [-0.15, -0.1) is 0 Å². The number of ether oxygens (including phenoxy) is 1. The molecule has 0 unspecified atom stereocenters. The number of anilines is 1. The Labute approximate surface area is 95.5 Å². The zero-order valence-corrected chi connectivity index (χ0v) is 9.07. The van der Waals surface area contributed by atoms with E-state index in [-0.39, 0.29) is 11.5 Å². The predicted molar refractivity (Wildman–Crippen MR) is 59.2 cm³/mol. The molecule has 0 saturated carbocycles. The third kappa shape index (κ3) is 2.40. The van der Waals surface area contributed by atoms with Gasteiger partial charge in [0.15, 0.2) is 0 Å². The minimum atomic E-state index is -0.468. The van der Waals surface area contributed by atoms with Gasteiger partial charge in [-0.25, -0.2) is 10.8 Å². The molecule has 1 fully saturated rings. The van der Waals surface area contributed by atoms with E-state index in [0.717, 1.165) is 0 Å². The van der Waals surface area contributed by atoms with Gasteiger partial charge in [-0.1, -0.05) is 11.8 Å². The smallest absolute Gasteiger partial charge is 0.275 e. The van der Waals surface area contributed by atoms with Gasteiger partial charge in [0.25, 0.3) is 5.69 Å². The fourth-order valence-electron chi connectivity index (χ4n) is 1.18. The summed E-state index contributed by atoms with van der Waals surface area (Å²) in [5.41, 5.74) is 2.29. The average Bonchev–Trinajstić information content (AvgIpc) is 2.23. The fourth-order valence-corrected chi connectivity index (χ4v) is 2.19. The van der Waals surface area contributed by atoms with Crippen LogP contribution < -0.4 is 11.3 Å². The lowest BCUT2D eigenvalue weighted by Gasteiger charge is -2.24. The first-order valence-electron chi connectivity index (χ1n) is 4.56. The summed E-state index contributed by atoms with van der Waals surface area (Å²) >= 11 is 1.46. The Bertz CT molecular complexity index is 410. The molecular formula is C8H10N4O3S. The Hall–Kier alpha value is -1.38. The summed E-state index contributed by atoms with van der Waals surface area (Å²) in [5, 5.41) is 11.6. The van der Waals surface area contributed by atoms with Crippen molar-refractivity contribution in [2.24, 2.45) is 5.84 Å². The van der Waals surface area contributed by atoms with Crippen LogP contribution in [0.25, 0.3) is 0 Å². The highest BCUT2D eigenvalue weighted by atomic mass is 32.2. The minimum Gasteiger partial charge on any atom is -0.379 e. The minimum absolute atomic E-state index is 0.0225. The normalized spacial score (nSPS) is 15.6. The maximum Gasteiger partial charge on any atom is 0.275 e. The number of hydrazine groups is 1. The van der Waals surface area contributed by atoms with E-state index in [9.17, 15) is 10.1 Å². The van der Waals surface area contributed by atoms with Crippen molar-refractivity contribution in [1.29, 1.82) is 0 Å². The van der Waals surface area contributed by atoms with Crippen molar-refractivity contribution in [3.8, 4) is 0 Å². The van der Waals surface area contributed by atoms with Crippen LogP contribution in [-0.4, -0.2) is 28.4 Å². The van der Waals surface area contributed by atoms with Crippen molar-refractivity contribution >= 4 is 23.3 Å². The molecule has 0 bridgehead atoms. The zero-order valence-electron chi connectivity index (χ0n) is 8.25. The topological polar surface area (TPSA) is 103 Å². The summed E-state index contributed by atoms with van der Waals surface area (Å²) in [6.07, 6.45) is 0. The van der Waals surface area contributed by atoms with E-state index in [1.807, 2.05) is 0 Å². The highest BCUT2D eigenvalue weighted by Crippen LogP contribution is 2.30. The number of nitrogens with two attached hydrogens (primary N) is 1. The van der Waals surface area contributed by atoms with Crippen molar-refractivity contribution in [3.63, 3.8) is 0 Å². The SMILES string of the molecule is NNc1cc([N+](=O)[O-])cc(SC2COC2)n1. The molecule has 2 heterocycles. The standard InChI is InChI=1S/C8H10N4O3S/c9-11-7-1-5(12(13)14)2-8(10-7)16-6-3-15-4-6/h1-2,6H,3-4,9H2,(H,10,11). The van der Waals surface area contributed by atoms with Crippen LogP contribution in [0.1, 0.15) is 0 Å². The molecule has 0 amide bonds. The molecule has 1 aromatic rings. The first-order chi connectivity index (χ1) is 7.69. The number of thioether (sulfide) groups is 1. The summed E-state index contributed by atoms with van der Waals surface area (Å²) in [6, 6.07) is 2.73. The lowest BCUT2D eigenvalue weighted by Crippen LogP contribution is -2.30. The molecule has 3 N–H and O–H groups in total. The van der Waals surface area contributed by atoms with E-state index in [1.54, 1.807) is 0 Å². The van der Waals surface area contributed by atoms with Crippen molar-refractivity contribution < 1.29 is 9.66 Å². The molecular weight excluding hydrogens is 232 g/mol. The molecule has 7 nitrogen and oxygen atoms in total. The molecule has 86 valence electrons. The molecule has 1 aliphatic heterocycles. The third-order valence-electron chi connectivity index (χ3n) is 2.04. The molecule has 1 aliphatic rings. The van der Waals surface area contributed by atoms with Gasteiger partial charge in [0.2, 0.25) is 0 Å². The van der Waals surface area contributed by atoms with Crippen LogP contribution in [0.5, 0.6) is 0 Å². The van der Waals surface area contributed by atoms with Gasteiger partial charge >= 0.3 is 0 Å². The quantitative estimate of drug-likeness (QED) is 0.456. The predicted octanol–water partition coefficient (Wildman–Crippen LogP) is 0.766. The summed E-state index contributed by atoms with van der Waals surface area (Å²) < 4.78 is 5.02. The van der Waals surface area contributed by atoms with Gasteiger partial charge in [-0.2, -0.15) is 0 Å². The second-order valence-corrected chi connectivity index (χ2v) is 4.55. The lowest BCUT2D eigenvalue weighted by atomic mass is 10.4. The van der Waals surface area contributed by atoms with Gasteiger partial charge in [0.05, 0.1) is 29.5 Å². The number of aromatic nitrogens is 1. The van der Waals surface area contributed by atoms with Crippen molar-refractivity contribution in [2.45, 2.75) is 10.3 Å². The van der Waals surface area contributed by atoms with Crippen LogP contribution >= 0.6 is 11.8 Å². The summed E-state index contributed by atoms with van der Waals surface area (Å²) in [7, 11) is 0. The number of hydrogen-bond donors (Lipinski definition) is 2. The van der Waals surface area contributed by atoms with Crippen molar-refractivity contribution in [1.82, 2.24) is 4.98 Å². The monoisotopic (exact) mass is 242 g/mol. The van der Waals surface area contributed by atoms with E-state index in [0.29, 0.717) is 23.5 Å². The number of pyridine rings is 1. The summed E-state index contributed by atoms with van der Waals surface area (Å²) in [5.74, 6) is 5.48. The molecule has 0 atom stereocenters. The lowest BCUT2D eigenvalue weighted by molar-refractivity contribution is -0.385. The first-order valence-corrected chi connectivity index (χ1v) is 5.44. The molecule has 0 radical (unpaired) electrons. The highest BCUT2D eigenvalue weighted by Gasteiger charge is 2.21. The van der Waals surface area contributed by atoms with Crippen LogP contribution in [0.15, 0.2) is 17.2 Å². The van der Waals surface area contributed by atoms with E-state index >= 15 is 0 Å². The number of nitro groups is 1. The van der Waals surface area contributed by atoms with Crippen molar-refractivity contribution in [2.75, 3.05) is 18.6 Å². The maximum absolute atomic E-state index is 10.7. The van der Waals surface area contributed by atoms with Crippen LogP contribution in [0.3, 0.4) is 0 Å². The molecule has 0 aromatic carbocycles. The first kappa shape index (κ1) is 11.1. The maximum atomic E-state index is 10.7. The Morgan fingerprint density at radius 3 is 2.88 bits per heavy atom. The van der Waals surface area contributed by atoms with Gasteiger partial charge in [-0.3, -0.25) is 10.1 Å². The van der Waals surface area contributed by atoms with Crippen molar-refractivity contribution in [3.05, 3.63) is 22.2 Å². The second-order valence-electron chi connectivity index (χ2n) is 3.23. The zero-order chi connectivity index (χ0) is 11.5. The molecule has 0 aliphatic carbocycles. The van der Waals surface area contributed by atoms with Crippen LogP contribution in [0.2, 0.25) is 0 Å². The fraction of sp³-hybridized carbons (Fsp3) is 0.375. The largest absolute Gasteiger partial charge is 0.379 e. The number of nitrogens with one attached hydrogen (secondary N) is 1. The second kappa shape index (κ2) is 4.64. The molecule has 16 heavy (non-hydrogen) atoms. The Morgan fingerprint density at radius 1 is 1.62 bits per heavy atom. The van der Waals surface area contributed by atoms with Crippen LogP contribution in [0.4, 0.5) is 11.5 Å². The number of nitrogens with zero attached hydrogens (tertiary/aromatic N) is 2. The van der Waals surface area contributed by atoms with Crippen LogP contribution in [0, 0.1) is 10.1 Å². The Balaban J connectivity index is 2.21. The third-order valence-corrected chi connectivity index (χ3v) is 3.10. The van der Waals surface area contributed by atoms with Gasteiger partial charge in [0, 0.05) is 6.07 Å². The average molecular weight is 242 g/mol. The van der Waals surface area contributed by atoms with E-state index in [4.69, 9.17) is 10.6 Å².